The van der Waals surface area contributed by atoms with E-state index in [-0.39, 0.29) is 0 Å². The van der Waals surface area contributed by atoms with Crippen LogP contribution < -0.4 is 10.1 Å². The number of thiazole rings is 1. The molecule has 2 aromatic rings. The van der Waals surface area contributed by atoms with Gasteiger partial charge in [-0.15, -0.1) is 11.3 Å². The first-order valence-corrected chi connectivity index (χ1v) is 7.32. The number of nitrogens with one attached hydrogen (secondary N) is 1. The predicted octanol–water partition coefficient (Wildman–Crippen LogP) is 3.75. The van der Waals surface area contributed by atoms with Crippen molar-refractivity contribution in [3.05, 3.63) is 33.2 Å². The Morgan fingerprint density at radius 3 is 2.80 bits per heavy atom. The highest BCUT2D eigenvalue weighted by atomic mass is 79.9. The van der Waals surface area contributed by atoms with Crippen molar-refractivity contribution < 1.29 is 14.3 Å². The van der Waals surface area contributed by atoms with E-state index in [0.29, 0.717) is 10.8 Å². The van der Waals surface area contributed by atoms with Gasteiger partial charge in [-0.25, -0.2) is 9.78 Å². The Balaban J connectivity index is 2.24. The molecule has 0 radical (unpaired) electrons. The molecule has 1 aromatic carbocycles. The molecule has 0 aliphatic rings. The van der Waals surface area contributed by atoms with Crippen LogP contribution in [0.25, 0.3) is 0 Å². The molecule has 0 atom stereocenters. The van der Waals surface area contributed by atoms with Crippen LogP contribution >= 0.6 is 27.3 Å². The van der Waals surface area contributed by atoms with Crippen LogP contribution in [0.15, 0.2) is 22.7 Å². The van der Waals surface area contributed by atoms with Gasteiger partial charge in [-0.1, -0.05) is 0 Å². The molecule has 0 saturated carbocycles. The van der Waals surface area contributed by atoms with Crippen molar-refractivity contribution in [3.63, 3.8) is 0 Å². The molecule has 2 rings (SSSR count). The molecule has 5 nitrogen and oxygen atoms in total. The Hall–Kier alpha value is -1.60. The topological polar surface area (TPSA) is 60.5 Å². The van der Waals surface area contributed by atoms with E-state index >= 15 is 0 Å². The van der Waals surface area contributed by atoms with E-state index in [0.717, 1.165) is 20.8 Å². The number of ether oxygens (including phenoxy) is 2. The fourth-order valence-corrected chi connectivity index (χ4v) is 2.83. The second kappa shape index (κ2) is 6.23. The summed E-state index contributed by atoms with van der Waals surface area (Å²) in [5.74, 6) is 0.289. The third kappa shape index (κ3) is 3.10. The zero-order valence-corrected chi connectivity index (χ0v) is 13.6. The molecule has 1 aromatic heterocycles. The maximum Gasteiger partial charge on any atom is 0.357 e. The molecule has 20 heavy (non-hydrogen) atoms. The van der Waals surface area contributed by atoms with Crippen LogP contribution in [-0.4, -0.2) is 25.2 Å². The summed E-state index contributed by atoms with van der Waals surface area (Å²) in [6.45, 7) is 1.83. The molecule has 0 amide bonds. The first kappa shape index (κ1) is 14.8. The molecule has 1 N–H and O–H groups in total. The van der Waals surface area contributed by atoms with E-state index in [2.05, 4.69) is 31.0 Å². The van der Waals surface area contributed by atoms with E-state index in [1.54, 1.807) is 7.11 Å². The molecule has 0 fully saturated rings. The highest BCUT2D eigenvalue weighted by molar-refractivity contribution is 9.10. The highest BCUT2D eigenvalue weighted by Gasteiger charge is 2.16. The van der Waals surface area contributed by atoms with Gasteiger partial charge >= 0.3 is 5.97 Å². The summed E-state index contributed by atoms with van der Waals surface area (Å²) in [6, 6.07) is 5.61. The van der Waals surface area contributed by atoms with Gasteiger partial charge in [0.15, 0.2) is 10.8 Å². The molecule has 0 spiro atoms. The lowest BCUT2D eigenvalue weighted by molar-refractivity contribution is 0.0594. The number of hydrogen-bond donors (Lipinski definition) is 1. The number of carbonyl (C=O) groups excluding carboxylic acids is 1. The van der Waals surface area contributed by atoms with Gasteiger partial charge in [0.25, 0.3) is 0 Å². The minimum absolute atomic E-state index is 0.337. The second-order valence-electron chi connectivity index (χ2n) is 3.89. The first-order valence-electron chi connectivity index (χ1n) is 5.71. The summed E-state index contributed by atoms with van der Waals surface area (Å²) in [6.07, 6.45) is 0. The van der Waals surface area contributed by atoms with Gasteiger partial charge in [0, 0.05) is 16.6 Å². The van der Waals surface area contributed by atoms with Gasteiger partial charge < -0.3 is 14.8 Å². The third-order valence-electron chi connectivity index (χ3n) is 2.58. The molecule has 0 aliphatic heterocycles. The maximum absolute atomic E-state index is 11.5. The van der Waals surface area contributed by atoms with E-state index in [1.807, 2.05) is 25.1 Å². The number of halogens is 1. The van der Waals surface area contributed by atoms with E-state index in [4.69, 9.17) is 4.74 Å². The Labute approximate surface area is 129 Å². The van der Waals surface area contributed by atoms with Crippen LogP contribution in [0.4, 0.5) is 10.8 Å². The van der Waals surface area contributed by atoms with E-state index in [9.17, 15) is 4.79 Å². The summed E-state index contributed by atoms with van der Waals surface area (Å²) >= 11 is 4.79. The summed E-state index contributed by atoms with van der Waals surface area (Å²) in [5, 5.41) is 3.78. The fourth-order valence-electron chi connectivity index (χ4n) is 1.60. The number of rotatable bonds is 4. The number of esters is 1. The fraction of sp³-hybridized carbons (Fsp3) is 0.231. The van der Waals surface area contributed by atoms with Crippen molar-refractivity contribution in [2.75, 3.05) is 19.5 Å². The minimum Gasteiger partial charge on any atom is -0.495 e. The number of benzene rings is 1. The standard InChI is InChI=1S/C13H13BrN2O3S/c1-7-11(12(17)19-3)16-13(20-7)15-8-4-5-9(14)10(6-8)18-2/h4-6H,1-3H3,(H,15,16). The lowest BCUT2D eigenvalue weighted by Crippen LogP contribution is -2.03. The molecule has 7 heteroatoms. The van der Waals surface area contributed by atoms with Crippen LogP contribution in [0.3, 0.4) is 0 Å². The molecular weight excluding hydrogens is 344 g/mol. The number of carbonyl (C=O) groups is 1. The molecule has 0 unspecified atom stereocenters. The zero-order chi connectivity index (χ0) is 14.7. The average molecular weight is 357 g/mol. The van der Waals surface area contributed by atoms with Crippen LogP contribution in [0.5, 0.6) is 5.75 Å². The molecule has 1 heterocycles. The highest BCUT2D eigenvalue weighted by Crippen LogP contribution is 2.31. The van der Waals surface area contributed by atoms with E-state index < -0.39 is 5.97 Å². The molecular formula is C13H13BrN2O3S. The largest absolute Gasteiger partial charge is 0.495 e. The Morgan fingerprint density at radius 2 is 2.15 bits per heavy atom. The maximum atomic E-state index is 11.5. The number of anilines is 2. The Kier molecular flexibility index (Phi) is 4.61. The number of methoxy groups -OCH3 is 2. The van der Waals surface area contributed by atoms with Crippen LogP contribution in [0.2, 0.25) is 0 Å². The quantitative estimate of drug-likeness (QED) is 0.845. The summed E-state index contributed by atoms with van der Waals surface area (Å²) in [5.41, 5.74) is 1.17. The van der Waals surface area contributed by atoms with Crippen molar-refractivity contribution >= 4 is 44.1 Å². The smallest absolute Gasteiger partial charge is 0.357 e. The SMILES string of the molecule is COC(=O)c1nc(Nc2ccc(Br)c(OC)c2)sc1C. The van der Waals surface area contributed by atoms with Crippen LogP contribution in [0.1, 0.15) is 15.4 Å². The van der Waals surface area contributed by atoms with Gasteiger partial charge in [-0.3, -0.25) is 0 Å². The number of aryl methyl sites for hydroxylation is 1. The zero-order valence-electron chi connectivity index (χ0n) is 11.2. The average Bonchev–Trinajstić information content (AvgIpc) is 2.80. The van der Waals surface area contributed by atoms with Crippen molar-refractivity contribution in [2.45, 2.75) is 6.92 Å². The van der Waals surface area contributed by atoms with Crippen molar-refractivity contribution in [1.29, 1.82) is 0 Å². The Morgan fingerprint density at radius 1 is 1.40 bits per heavy atom. The van der Waals surface area contributed by atoms with Crippen molar-refractivity contribution in [1.82, 2.24) is 4.98 Å². The summed E-state index contributed by atoms with van der Waals surface area (Å²) in [7, 11) is 2.95. The number of nitrogens with zero attached hydrogens (tertiary/aromatic N) is 1. The third-order valence-corrected chi connectivity index (χ3v) is 4.12. The monoisotopic (exact) mass is 356 g/mol. The summed E-state index contributed by atoms with van der Waals surface area (Å²) < 4.78 is 10.8. The minimum atomic E-state index is -0.430. The molecule has 106 valence electrons. The summed E-state index contributed by atoms with van der Waals surface area (Å²) in [4.78, 5) is 16.6. The van der Waals surface area contributed by atoms with Crippen LogP contribution in [0, 0.1) is 6.92 Å². The predicted molar refractivity (Wildman–Crippen MR) is 82.2 cm³/mol. The number of aromatic nitrogens is 1. The molecule has 0 bridgehead atoms. The second-order valence-corrected chi connectivity index (χ2v) is 5.95. The van der Waals surface area contributed by atoms with Crippen LogP contribution in [-0.2, 0) is 4.74 Å². The van der Waals surface area contributed by atoms with Crippen molar-refractivity contribution in [3.8, 4) is 5.75 Å². The number of hydrogen-bond acceptors (Lipinski definition) is 6. The van der Waals surface area contributed by atoms with Gasteiger partial charge in [0.1, 0.15) is 5.75 Å². The van der Waals surface area contributed by atoms with Gasteiger partial charge in [0.2, 0.25) is 0 Å². The van der Waals surface area contributed by atoms with Gasteiger partial charge in [0.05, 0.1) is 18.7 Å². The van der Waals surface area contributed by atoms with E-state index in [1.165, 1.54) is 18.4 Å². The molecule has 0 saturated heterocycles. The lowest BCUT2D eigenvalue weighted by atomic mass is 10.3. The van der Waals surface area contributed by atoms with Gasteiger partial charge in [-0.05, 0) is 35.0 Å². The normalized spacial score (nSPS) is 10.2. The lowest BCUT2D eigenvalue weighted by Gasteiger charge is -2.07. The Bertz CT molecular complexity index is 643. The molecule has 0 aliphatic carbocycles. The van der Waals surface area contributed by atoms with Gasteiger partial charge in [-0.2, -0.15) is 0 Å². The van der Waals surface area contributed by atoms with Crippen molar-refractivity contribution in [2.24, 2.45) is 0 Å². The first-order chi connectivity index (χ1) is 9.55.